The lowest BCUT2D eigenvalue weighted by molar-refractivity contribution is -0.384. The van der Waals surface area contributed by atoms with Gasteiger partial charge in [-0.05, 0) is 18.6 Å². The van der Waals surface area contributed by atoms with Crippen molar-refractivity contribution in [3.63, 3.8) is 0 Å². The number of carbonyl (C=O) groups is 3. The highest BCUT2D eigenvalue weighted by Gasteiger charge is 2.15. The number of carbonyl (C=O) groups excluding carboxylic acids is 3. The van der Waals surface area contributed by atoms with Crippen molar-refractivity contribution in [2.75, 3.05) is 6.61 Å². The first-order valence-corrected chi connectivity index (χ1v) is 8.40. The van der Waals surface area contributed by atoms with Gasteiger partial charge in [0, 0.05) is 30.3 Å². The van der Waals surface area contributed by atoms with Crippen LogP contribution in [0.15, 0.2) is 41.2 Å². The van der Waals surface area contributed by atoms with Gasteiger partial charge in [0.15, 0.2) is 12.3 Å². The summed E-state index contributed by atoms with van der Waals surface area (Å²) in [6, 6.07) is 7.25. The topological polar surface area (TPSA) is 163 Å². The van der Waals surface area contributed by atoms with Crippen LogP contribution in [-0.2, 0) is 16.1 Å². The number of aryl methyl sites for hydroxylation is 1. The number of amides is 2. The van der Waals surface area contributed by atoms with Gasteiger partial charge in [0.2, 0.25) is 0 Å². The fourth-order valence-corrected chi connectivity index (χ4v) is 2.13. The number of nitrogens with one attached hydrogen (secondary N) is 2. The van der Waals surface area contributed by atoms with E-state index in [-0.39, 0.29) is 22.5 Å². The number of nitro groups is 1. The highest BCUT2D eigenvalue weighted by atomic mass is 16.6. The van der Waals surface area contributed by atoms with Gasteiger partial charge in [0.25, 0.3) is 23.1 Å². The number of ether oxygens (including phenoxy) is 1. The van der Waals surface area contributed by atoms with Crippen LogP contribution in [0.1, 0.15) is 34.2 Å². The Morgan fingerprint density at radius 3 is 2.66 bits per heavy atom. The molecule has 2 amide bonds. The van der Waals surface area contributed by atoms with Gasteiger partial charge >= 0.3 is 5.97 Å². The minimum absolute atomic E-state index is 0.0427. The molecule has 0 aliphatic heterocycles. The van der Waals surface area contributed by atoms with Crippen molar-refractivity contribution in [2.24, 2.45) is 0 Å². The quantitative estimate of drug-likeness (QED) is 0.376. The zero-order valence-electron chi connectivity index (χ0n) is 15.3. The summed E-state index contributed by atoms with van der Waals surface area (Å²) in [6.45, 7) is 1.44. The van der Waals surface area contributed by atoms with E-state index >= 15 is 0 Å². The van der Waals surface area contributed by atoms with Crippen molar-refractivity contribution < 1.29 is 24.0 Å². The normalized spacial score (nSPS) is 10.1. The molecule has 0 aliphatic rings. The van der Waals surface area contributed by atoms with Crippen LogP contribution < -0.4 is 16.4 Å². The summed E-state index contributed by atoms with van der Waals surface area (Å²) in [6.07, 6.45) is 0.637. The largest absolute Gasteiger partial charge is 0.451 e. The maximum Gasteiger partial charge on any atom is 0.359 e. The van der Waals surface area contributed by atoms with Gasteiger partial charge < -0.3 is 4.74 Å². The van der Waals surface area contributed by atoms with E-state index in [9.17, 15) is 29.3 Å². The number of benzene rings is 1. The zero-order valence-corrected chi connectivity index (χ0v) is 15.3. The Morgan fingerprint density at radius 2 is 1.97 bits per heavy atom. The molecule has 2 rings (SSSR count). The Kier molecular flexibility index (Phi) is 7.12. The van der Waals surface area contributed by atoms with Crippen molar-refractivity contribution in [3.8, 4) is 0 Å². The van der Waals surface area contributed by atoms with Gasteiger partial charge in [-0.3, -0.25) is 35.3 Å². The molecular weight excluding hydrogens is 386 g/mol. The SMILES string of the molecule is CCCn1nc(C(=O)OCC(=O)NNC(=O)c2cccc([N+](=O)[O-])c2)ccc1=O. The second-order valence-corrected chi connectivity index (χ2v) is 5.67. The summed E-state index contributed by atoms with van der Waals surface area (Å²) in [5, 5.41) is 14.6. The van der Waals surface area contributed by atoms with E-state index in [0.29, 0.717) is 13.0 Å². The van der Waals surface area contributed by atoms with E-state index in [1.165, 1.54) is 30.3 Å². The van der Waals surface area contributed by atoms with Crippen LogP contribution in [-0.4, -0.2) is 39.1 Å². The van der Waals surface area contributed by atoms with Crippen LogP contribution in [0.5, 0.6) is 0 Å². The van der Waals surface area contributed by atoms with E-state index in [0.717, 1.165) is 10.7 Å². The molecule has 1 aromatic carbocycles. The molecule has 0 saturated heterocycles. The Morgan fingerprint density at radius 1 is 1.21 bits per heavy atom. The summed E-state index contributed by atoms with van der Waals surface area (Å²) in [5.74, 6) is -2.56. The molecule has 0 atom stereocenters. The number of nitro benzene ring substituents is 1. The van der Waals surface area contributed by atoms with Gasteiger partial charge in [0.1, 0.15) is 0 Å². The van der Waals surface area contributed by atoms with E-state index in [2.05, 4.69) is 5.10 Å². The van der Waals surface area contributed by atoms with Crippen LogP contribution in [0.3, 0.4) is 0 Å². The summed E-state index contributed by atoms with van der Waals surface area (Å²) in [7, 11) is 0. The molecule has 1 heterocycles. The number of hydrogen-bond acceptors (Lipinski definition) is 8. The van der Waals surface area contributed by atoms with Gasteiger partial charge in [-0.2, -0.15) is 5.10 Å². The van der Waals surface area contributed by atoms with Crippen molar-refractivity contribution in [1.82, 2.24) is 20.6 Å². The van der Waals surface area contributed by atoms with E-state index in [1.54, 1.807) is 0 Å². The predicted molar refractivity (Wildman–Crippen MR) is 97.8 cm³/mol. The third-order valence-corrected chi connectivity index (χ3v) is 3.48. The predicted octanol–water partition coefficient (Wildman–Crippen LogP) is 0.180. The molecule has 0 fully saturated rings. The summed E-state index contributed by atoms with van der Waals surface area (Å²) in [5.41, 5.74) is 3.22. The molecule has 0 radical (unpaired) electrons. The molecule has 0 unspecified atom stereocenters. The average Bonchev–Trinajstić information content (AvgIpc) is 2.72. The Labute approximate surface area is 163 Å². The second-order valence-electron chi connectivity index (χ2n) is 5.67. The highest BCUT2D eigenvalue weighted by Crippen LogP contribution is 2.12. The first kappa shape index (κ1) is 21.2. The molecule has 12 heteroatoms. The van der Waals surface area contributed by atoms with Crippen LogP contribution in [0.25, 0.3) is 0 Å². The van der Waals surface area contributed by atoms with Crippen LogP contribution in [0.4, 0.5) is 5.69 Å². The van der Waals surface area contributed by atoms with Crippen molar-refractivity contribution in [2.45, 2.75) is 19.9 Å². The molecule has 12 nitrogen and oxygen atoms in total. The monoisotopic (exact) mass is 403 g/mol. The molecule has 29 heavy (non-hydrogen) atoms. The summed E-state index contributed by atoms with van der Waals surface area (Å²) in [4.78, 5) is 57.2. The van der Waals surface area contributed by atoms with Crippen LogP contribution >= 0.6 is 0 Å². The minimum atomic E-state index is -0.921. The Balaban J connectivity index is 1.87. The lowest BCUT2D eigenvalue weighted by Crippen LogP contribution is -2.43. The molecular formula is C17H17N5O7. The van der Waals surface area contributed by atoms with E-state index in [1.807, 2.05) is 17.8 Å². The molecule has 2 aromatic rings. The second kappa shape index (κ2) is 9.73. The molecule has 1 aromatic heterocycles. The standard InChI is InChI=1S/C17H17N5O7/c1-2-8-21-15(24)7-6-13(20-21)17(26)29-10-14(23)18-19-16(25)11-4-3-5-12(9-11)22(27)28/h3-7,9H,2,8,10H2,1H3,(H,18,23)(H,19,25). The Hall–Kier alpha value is -4.09. The Bertz CT molecular complexity index is 1000. The number of nitrogens with zero attached hydrogens (tertiary/aromatic N) is 3. The maximum absolute atomic E-state index is 11.9. The van der Waals surface area contributed by atoms with Gasteiger partial charge in [-0.25, -0.2) is 9.48 Å². The van der Waals surface area contributed by atoms with Gasteiger partial charge in [-0.15, -0.1) is 0 Å². The molecule has 152 valence electrons. The van der Waals surface area contributed by atoms with E-state index in [4.69, 9.17) is 4.74 Å². The van der Waals surface area contributed by atoms with Gasteiger partial charge in [-0.1, -0.05) is 13.0 Å². The lowest BCUT2D eigenvalue weighted by atomic mass is 10.2. The highest BCUT2D eigenvalue weighted by molar-refractivity contribution is 5.96. The number of hydrogen-bond donors (Lipinski definition) is 2. The van der Waals surface area contributed by atoms with Crippen molar-refractivity contribution in [3.05, 3.63) is 68.1 Å². The van der Waals surface area contributed by atoms with Crippen LogP contribution in [0.2, 0.25) is 0 Å². The summed E-state index contributed by atoms with van der Waals surface area (Å²) >= 11 is 0. The first-order valence-electron chi connectivity index (χ1n) is 8.40. The first-order chi connectivity index (χ1) is 13.8. The fourth-order valence-electron chi connectivity index (χ4n) is 2.13. The molecule has 2 N–H and O–H groups in total. The number of non-ortho nitro benzene ring substituents is 1. The number of esters is 1. The van der Waals surface area contributed by atoms with E-state index < -0.39 is 29.3 Å². The minimum Gasteiger partial charge on any atom is -0.451 e. The molecule has 0 bridgehead atoms. The van der Waals surface area contributed by atoms with Crippen molar-refractivity contribution >= 4 is 23.5 Å². The molecule has 0 saturated carbocycles. The molecule has 0 aliphatic carbocycles. The van der Waals surface area contributed by atoms with Crippen LogP contribution in [0, 0.1) is 10.1 Å². The fraction of sp³-hybridized carbons (Fsp3) is 0.235. The number of aromatic nitrogens is 2. The number of rotatable bonds is 7. The number of hydrazine groups is 1. The molecule has 0 spiro atoms. The maximum atomic E-state index is 11.9. The lowest BCUT2D eigenvalue weighted by Gasteiger charge is -2.08. The zero-order chi connectivity index (χ0) is 21.4. The average molecular weight is 403 g/mol. The van der Waals surface area contributed by atoms with Gasteiger partial charge in [0.05, 0.1) is 4.92 Å². The third-order valence-electron chi connectivity index (χ3n) is 3.48. The summed E-state index contributed by atoms with van der Waals surface area (Å²) < 4.78 is 5.89. The smallest absolute Gasteiger partial charge is 0.359 e. The van der Waals surface area contributed by atoms with Crippen molar-refractivity contribution in [1.29, 1.82) is 0 Å². The third kappa shape index (κ3) is 5.95.